The molecule has 2 aromatic rings. The summed E-state index contributed by atoms with van der Waals surface area (Å²) in [6, 6.07) is 14.8. The first-order valence-electron chi connectivity index (χ1n) is 7.86. The van der Waals surface area contributed by atoms with Gasteiger partial charge in [-0.1, -0.05) is 25.1 Å². The second-order valence-corrected chi connectivity index (χ2v) is 6.70. The van der Waals surface area contributed by atoms with E-state index in [1.165, 1.54) is 11.8 Å². The van der Waals surface area contributed by atoms with Crippen LogP contribution in [0.3, 0.4) is 0 Å². The van der Waals surface area contributed by atoms with Crippen LogP contribution >= 0.6 is 11.8 Å². The Kier molecular flexibility index (Phi) is 6.89. The number of rotatable bonds is 8. The fraction of sp³-hybridized carbons (Fsp3) is 0.263. The first-order valence-corrected chi connectivity index (χ1v) is 8.85. The van der Waals surface area contributed by atoms with Gasteiger partial charge < -0.3 is 15.2 Å². The number of thioether (sulfide) groups is 1. The van der Waals surface area contributed by atoms with Crippen LogP contribution in [0.2, 0.25) is 0 Å². The number of aliphatic carboxylic acids is 1. The molecule has 2 aromatic carbocycles. The van der Waals surface area contributed by atoms with Crippen molar-refractivity contribution in [2.75, 3.05) is 18.2 Å². The van der Waals surface area contributed by atoms with Gasteiger partial charge in [0.25, 0.3) is 0 Å². The predicted molar refractivity (Wildman–Crippen MR) is 99.3 cm³/mol. The number of carboxylic acid groups (broad SMARTS) is 1. The standard InChI is InChI=1S/C19H21NO4S/c1-13(19(22)23)10-14-6-8-15(9-7-14)20-18(21)12-25-17-5-3-4-16(11-17)24-2/h3-9,11,13H,10,12H2,1-2H3,(H,20,21)(H,22,23). The molecule has 6 heteroatoms. The van der Waals surface area contributed by atoms with Gasteiger partial charge in [-0.25, -0.2) is 0 Å². The molecule has 1 amide bonds. The van der Waals surface area contributed by atoms with E-state index in [-0.39, 0.29) is 5.91 Å². The first kappa shape index (κ1) is 18.9. The lowest BCUT2D eigenvalue weighted by Crippen LogP contribution is -2.14. The van der Waals surface area contributed by atoms with Gasteiger partial charge in [0.2, 0.25) is 5.91 Å². The molecule has 0 aliphatic heterocycles. The normalized spacial score (nSPS) is 11.6. The van der Waals surface area contributed by atoms with Crippen LogP contribution < -0.4 is 10.1 Å². The number of ether oxygens (including phenoxy) is 1. The molecule has 0 aliphatic rings. The Hall–Kier alpha value is -2.47. The maximum Gasteiger partial charge on any atom is 0.306 e. The quantitative estimate of drug-likeness (QED) is 0.703. The van der Waals surface area contributed by atoms with Gasteiger partial charge in [0.05, 0.1) is 18.8 Å². The minimum absolute atomic E-state index is 0.0977. The fourth-order valence-electron chi connectivity index (χ4n) is 2.20. The van der Waals surface area contributed by atoms with Crippen LogP contribution in [0.15, 0.2) is 53.4 Å². The van der Waals surface area contributed by atoms with Gasteiger partial charge in [-0.3, -0.25) is 9.59 Å². The second kappa shape index (κ2) is 9.13. The number of benzene rings is 2. The summed E-state index contributed by atoms with van der Waals surface area (Å²) in [4.78, 5) is 23.9. The average Bonchev–Trinajstić information content (AvgIpc) is 2.61. The van der Waals surface area contributed by atoms with Crippen molar-refractivity contribution in [2.45, 2.75) is 18.2 Å². The summed E-state index contributed by atoms with van der Waals surface area (Å²) in [5, 5.41) is 11.8. The molecule has 0 bridgehead atoms. The zero-order valence-corrected chi connectivity index (χ0v) is 15.0. The van der Waals surface area contributed by atoms with Crippen LogP contribution in [-0.2, 0) is 16.0 Å². The van der Waals surface area contributed by atoms with E-state index in [0.717, 1.165) is 16.2 Å². The highest BCUT2D eigenvalue weighted by Gasteiger charge is 2.11. The summed E-state index contributed by atoms with van der Waals surface area (Å²) in [6.07, 6.45) is 0.468. The van der Waals surface area contributed by atoms with E-state index >= 15 is 0 Å². The Morgan fingerprint density at radius 2 is 1.92 bits per heavy atom. The Balaban J connectivity index is 1.84. The topological polar surface area (TPSA) is 75.6 Å². The molecule has 1 atom stereocenters. The van der Waals surface area contributed by atoms with Crippen molar-refractivity contribution < 1.29 is 19.4 Å². The summed E-state index contributed by atoms with van der Waals surface area (Å²) in [5.41, 5.74) is 1.63. The van der Waals surface area contributed by atoms with Crippen molar-refractivity contribution in [2.24, 2.45) is 5.92 Å². The van der Waals surface area contributed by atoms with E-state index in [4.69, 9.17) is 9.84 Å². The predicted octanol–water partition coefficient (Wildman–Crippen LogP) is 3.69. The molecular weight excluding hydrogens is 338 g/mol. The molecule has 25 heavy (non-hydrogen) atoms. The molecular formula is C19H21NO4S. The van der Waals surface area contributed by atoms with Crippen molar-refractivity contribution >= 4 is 29.3 Å². The summed E-state index contributed by atoms with van der Waals surface area (Å²) in [7, 11) is 1.61. The molecule has 2 N–H and O–H groups in total. The maximum atomic E-state index is 12.1. The van der Waals surface area contributed by atoms with Crippen LogP contribution in [0, 0.1) is 5.92 Å². The molecule has 0 aliphatic carbocycles. The van der Waals surface area contributed by atoms with Crippen LogP contribution in [0.4, 0.5) is 5.69 Å². The largest absolute Gasteiger partial charge is 0.497 e. The van der Waals surface area contributed by atoms with Crippen molar-refractivity contribution in [1.82, 2.24) is 0 Å². The van der Waals surface area contributed by atoms with Crippen molar-refractivity contribution in [3.8, 4) is 5.75 Å². The average molecular weight is 359 g/mol. The summed E-state index contributed by atoms with van der Waals surface area (Å²) < 4.78 is 5.16. The number of methoxy groups -OCH3 is 1. The Morgan fingerprint density at radius 1 is 1.20 bits per heavy atom. The van der Waals surface area contributed by atoms with Crippen LogP contribution in [0.1, 0.15) is 12.5 Å². The summed E-state index contributed by atoms with van der Waals surface area (Å²) in [6.45, 7) is 1.67. The van der Waals surface area contributed by atoms with E-state index in [9.17, 15) is 9.59 Å². The lowest BCUT2D eigenvalue weighted by Gasteiger charge is -2.09. The van der Waals surface area contributed by atoms with Crippen LogP contribution in [0.5, 0.6) is 5.75 Å². The Morgan fingerprint density at radius 3 is 2.56 bits per heavy atom. The number of carbonyl (C=O) groups is 2. The molecule has 0 spiro atoms. The maximum absolute atomic E-state index is 12.1. The van der Waals surface area contributed by atoms with Gasteiger partial charge in [0.1, 0.15) is 5.75 Å². The smallest absolute Gasteiger partial charge is 0.306 e. The molecule has 0 fully saturated rings. The molecule has 0 aromatic heterocycles. The highest BCUT2D eigenvalue weighted by molar-refractivity contribution is 8.00. The van der Waals surface area contributed by atoms with Gasteiger partial charge >= 0.3 is 5.97 Å². The number of hydrogen-bond acceptors (Lipinski definition) is 4. The Labute approximate surface area is 151 Å². The van der Waals surface area contributed by atoms with Gasteiger partial charge in [-0.2, -0.15) is 0 Å². The highest BCUT2D eigenvalue weighted by atomic mass is 32.2. The number of anilines is 1. The molecule has 132 valence electrons. The van der Waals surface area contributed by atoms with E-state index in [0.29, 0.717) is 17.9 Å². The minimum Gasteiger partial charge on any atom is -0.497 e. The molecule has 0 radical (unpaired) electrons. The van der Waals surface area contributed by atoms with Crippen molar-refractivity contribution in [3.63, 3.8) is 0 Å². The van der Waals surface area contributed by atoms with E-state index in [1.807, 2.05) is 36.4 Å². The third-order valence-corrected chi connectivity index (χ3v) is 4.61. The number of amides is 1. The fourth-order valence-corrected chi connectivity index (χ4v) is 2.95. The molecule has 2 rings (SSSR count). The zero-order chi connectivity index (χ0) is 18.2. The third-order valence-electron chi connectivity index (χ3n) is 3.61. The number of hydrogen-bond donors (Lipinski definition) is 2. The first-order chi connectivity index (χ1) is 12.0. The summed E-state index contributed by atoms with van der Waals surface area (Å²) >= 11 is 1.43. The molecule has 5 nitrogen and oxygen atoms in total. The SMILES string of the molecule is COc1cccc(SCC(=O)Nc2ccc(CC(C)C(=O)O)cc2)c1. The van der Waals surface area contributed by atoms with E-state index in [2.05, 4.69) is 5.32 Å². The Bertz CT molecular complexity index is 730. The number of nitrogens with one attached hydrogen (secondary N) is 1. The monoisotopic (exact) mass is 359 g/mol. The lowest BCUT2D eigenvalue weighted by molar-refractivity contribution is -0.141. The van der Waals surface area contributed by atoms with Crippen LogP contribution in [0.25, 0.3) is 0 Å². The number of carbonyl (C=O) groups excluding carboxylic acids is 1. The van der Waals surface area contributed by atoms with E-state index < -0.39 is 11.9 Å². The number of carboxylic acids is 1. The van der Waals surface area contributed by atoms with Crippen molar-refractivity contribution in [1.29, 1.82) is 0 Å². The third kappa shape index (κ3) is 6.15. The van der Waals surface area contributed by atoms with Gasteiger partial charge in [0, 0.05) is 10.6 Å². The zero-order valence-electron chi connectivity index (χ0n) is 14.2. The highest BCUT2D eigenvalue weighted by Crippen LogP contribution is 2.23. The summed E-state index contributed by atoms with van der Waals surface area (Å²) in [5.74, 6) is -0.284. The van der Waals surface area contributed by atoms with Crippen LogP contribution in [-0.4, -0.2) is 29.8 Å². The van der Waals surface area contributed by atoms with Gasteiger partial charge in [-0.05, 0) is 42.3 Å². The van der Waals surface area contributed by atoms with Crippen molar-refractivity contribution in [3.05, 3.63) is 54.1 Å². The lowest BCUT2D eigenvalue weighted by atomic mass is 10.0. The van der Waals surface area contributed by atoms with E-state index in [1.54, 1.807) is 26.2 Å². The minimum atomic E-state index is -0.813. The second-order valence-electron chi connectivity index (χ2n) is 5.66. The molecule has 0 saturated carbocycles. The molecule has 0 saturated heterocycles. The van der Waals surface area contributed by atoms with Gasteiger partial charge in [-0.15, -0.1) is 11.8 Å². The molecule has 1 unspecified atom stereocenters. The van der Waals surface area contributed by atoms with Gasteiger partial charge in [0.15, 0.2) is 0 Å². The molecule has 0 heterocycles.